The second-order valence-corrected chi connectivity index (χ2v) is 3.88. The first-order valence-corrected chi connectivity index (χ1v) is 4.84. The molecule has 0 atom stereocenters. The molecular formula is C10H10Br2N2. The number of rotatable bonds is 1. The maximum Gasteiger partial charge on any atom is 0.248 e. The van der Waals surface area contributed by atoms with Crippen LogP contribution in [0.15, 0.2) is 47.5 Å². The number of hydrogen-bond acceptors (Lipinski definition) is 0. The summed E-state index contributed by atoms with van der Waals surface area (Å²) in [6.45, 7) is 0. The Bertz CT molecular complexity index is 424. The molecule has 0 saturated heterocycles. The van der Waals surface area contributed by atoms with Crippen LogP contribution in [0.3, 0.4) is 0 Å². The first-order chi connectivity index (χ1) is 6.25. The fourth-order valence-electron chi connectivity index (χ4n) is 1.24. The maximum absolute atomic E-state index is 3.45. The second kappa shape index (κ2) is 4.75. The Kier molecular flexibility index (Phi) is 3.89. The fraction of sp³-hybridized carbons (Fsp3) is 0.100. The molecule has 0 unspecified atom stereocenters. The highest BCUT2D eigenvalue weighted by Gasteiger charge is 2.03. The first-order valence-electron chi connectivity index (χ1n) is 4.05. The van der Waals surface area contributed by atoms with Crippen molar-refractivity contribution in [1.29, 1.82) is 0 Å². The van der Waals surface area contributed by atoms with Gasteiger partial charge in [-0.2, -0.15) is 0 Å². The minimum absolute atomic E-state index is 0. The minimum atomic E-state index is 0. The van der Waals surface area contributed by atoms with Crippen molar-refractivity contribution in [3.05, 3.63) is 47.5 Å². The van der Waals surface area contributed by atoms with Crippen LogP contribution in [0.2, 0.25) is 0 Å². The molecule has 1 heterocycles. The lowest BCUT2D eigenvalue weighted by Gasteiger charge is -1.94. The van der Waals surface area contributed by atoms with E-state index in [0.717, 1.165) is 10.2 Å². The van der Waals surface area contributed by atoms with E-state index < -0.39 is 0 Å². The summed E-state index contributed by atoms with van der Waals surface area (Å²) in [5, 5.41) is 0. The molecule has 0 aliphatic rings. The number of aryl methyl sites for hydroxylation is 1. The van der Waals surface area contributed by atoms with Crippen molar-refractivity contribution in [2.45, 2.75) is 0 Å². The minimum Gasteiger partial charge on any atom is -1.00 e. The van der Waals surface area contributed by atoms with Gasteiger partial charge in [0, 0.05) is 4.47 Å². The zero-order chi connectivity index (χ0) is 9.26. The van der Waals surface area contributed by atoms with Gasteiger partial charge < -0.3 is 17.0 Å². The van der Waals surface area contributed by atoms with Gasteiger partial charge in [0.2, 0.25) is 6.33 Å². The van der Waals surface area contributed by atoms with E-state index in [9.17, 15) is 0 Å². The molecule has 0 amide bonds. The summed E-state index contributed by atoms with van der Waals surface area (Å²) in [5.41, 5.74) is 1.16. The zero-order valence-electron chi connectivity index (χ0n) is 7.69. The van der Waals surface area contributed by atoms with Gasteiger partial charge in [-0.25, -0.2) is 9.13 Å². The normalized spacial score (nSPS) is 9.57. The molecule has 74 valence electrons. The van der Waals surface area contributed by atoms with Crippen LogP contribution in [0.4, 0.5) is 0 Å². The SMILES string of the molecule is C[n+]1ccn(-c2cccc(Br)c2)c1.[Br-]. The first kappa shape index (κ1) is 11.5. The lowest BCUT2D eigenvalue weighted by Crippen LogP contribution is -3.00. The molecule has 14 heavy (non-hydrogen) atoms. The van der Waals surface area contributed by atoms with Crippen LogP contribution in [-0.2, 0) is 7.05 Å². The molecule has 2 nitrogen and oxygen atoms in total. The molecule has 1 aromatic carbocycles. The summed E-state index contributed by atoms with van der Waals surface area (Å²) >= 11 is 3.45. The third kappa shape index (κ3) is 2.45. The summed E-state index contributed by atoms with van der Waals surface area (Å²) in [5.74, 6) is 0. The molecule has 2 rings (SSSR count). The van der Waals surface area contributed by atoms with E-state index >= 15 is 0 Å². The third-order valence-corrected chi connectivity index (χ3v) is 2.37. The van der Waals surface area contributed by atoms with Crippen molar-refractivity contribution in [3.8, 4) is 5.69 Å². The van der Waals surface area contributed by atoms with Crippen molar-refractivity contribution in [2.75, 3.05) is 0 Å². The van der Waals surface area contributed by atoms with Gasteiger partial charge in [0.25, 0.3) is 0 Å². The van der Waals surface area contributed by atoms with Crippen LogP contribution >= 0.6 is 15.9 Å². The topological polar surface area (TPSA) is 8.81 Å². The Hall–Kier alpha value is -0.610. The van der Waals surface area contributed by atoms with Gasteiger partial charge in [-0.3, -0.25) is 0 Å². The van der Waals surface area contributed by atoms with Crippen molar-refractivity contribution in [2.24, 2.45) is 7.05 Å². The molecule has 0 saturated carbocycles. The van der Waals surface area contributed by atoms with Crippen LogP contribution in [0.1, 0.15) is 0 Å². The highest BCUT2D eigenvalue weighted by atomic mass is 79.9. The molecular weight excluding hydrogens is 308 g/mol. The number of hydrogen-bond donors (Lipinski definition) is 0. The summed E-state index contributed by atoms with van der Waals surface area (Å²) in [7, 11) is 2.01. The monoisotopic (exact) mass is 316 g/mol. The van der Waals surface area contributed by atoms with Crippen LogP contribution < -0.4 is 21.5 Å². The van der Waals surface area contributed by atoms with E-state index in [2.05, 4.69) is 32.6 Å². The van der Waals surface area contributed by atoms with Gasteiger partial charge in [-0.15, -0.1) is 0 Å². The Morgan fingerprint density at radius 1 is 1.36 bits per heavy atom. The van der Waals surface area contributed by atoms with Crippen LogP contribution in [0.25, 0.3) is 5.69 Å². The number of benzene rings is 1. The molecule has 0 N–H and O–H groups in total. The van der Waals surface area contributed by atoms with Gasteiger partial charge in [-0.05, 0) is 18.2 Å². The van der Waals surface area contributed by atoms with Gasteiger partial charge >= 0.3 is 0 Å². The smallest absolute Gasteiger partial charge is 0.248 e. The van der Waals surface area contributed by atoms with E-state index in [4.69, 9.17) is 0 Å². The highest BCUT2D eigenvalue weighted by Crippen LogP contribution is 2.14. The fourth-order valence-corrected chi connectivity index (χ4v) is 1.63. The average Bonchev–Trinajstić information content (AvgIpc) is 2.52. The van der Waals surface area contributed by atoms with E-state index in [1.54, 1.807) is 0 Å². The van der Waals surface area contributed by atoms with Gasteiger partial charge in [0.1, 0.15) is 18.1 Å². The Morgan fingerprint density at radius 2 is 2.14 bits per heavy atom. The van der Waals surface area contributed by atoms with E-state index in [1.165, 1.54) is 0 Å². The number of imidazole rings is 1. The summed E-state index contributed by atoms with van der Waals surface area (Å²) in [6.07, 6.45) is 6.07. The number of nitrogens with zero attached hydrogens (tertiary/aromatic N) is 2. The van der Waals surface area contributed by atoms with Crippen molar-refractivity contribution in [3.63, 3.8) is 0 Å². The predicted molar refractivity (Wildman–Crippen MR) is 54.6 cm³/mol. The van der Waals surface area contributed by atoms with Crippen molar-refractivity contribution in [1.82, 2.24) is 4.57 Å². The van der Waals surface area contributed by atoms with E-state index in [-0.39, 0.29) is 17.0 Å². The van der Waals surface area contributed by atoms with Gasteiger partial charge in [-0.1, -0.05) is 22.0 Å². The Balaban J connectivity index is 0.000000980. The van der Waals surface area contributed by atoms with Crippen molar-refractivity contribution < 1.29 is 21.5 Å². The molecule has 2 aromatic rings. The van der Waals surface area contributed by atoms with Crippen molar-refractivity contribution >= 4 is 15.9 Å². The summed E-state index contributed by atoms with van der Waals surface area (Å²) in [6, 6.07) is 8.21. The van der Waals surface area contributed by atoms with Gasteiger partial charge in [0.05, 0.1) is 7.05 Å². The molecule has 0 aliphatic heterocycles. The van der Waals surface area contributed by atoms with Crippen LogP contribution in [-0.4, -0.2) is 4.57 Å². The molecule has 0 radical (unpaired) electrons. The van der Waals surface area contributed by atoms with Gasteiger partial charge in [0.15, 0.2) is 0 Å². The van der Waals surface area contributed by atoms with Crippen LogP contribution in [0, 0.1) is 0 Å². The van der Waals surface area contributed by atoms with E-state index in [1.807, 2.05) is 42.5 Å². The standard InChI is InChI=1S/C10H10BrN2.BrH/c1-12-5-6-13(8-12)10-4-2-3-9(11)7-10;/h2-8H,1H3;1H/q+1;/p-1. The highest BCUT2D eigenvalue weighted by molar-refractivity contribution is 9.10. The molecule has 0 bridgehead atoms. The molecule has 4 heteroatoms. The average molecular weight is 318 g/mol. The van der Waals surface area contributed by atoms with Crippen LogP contribution in [0.5, 0.6) is 0 Å². The quantitative estimate of drug-likeness (QED) is 0.601. The lowest BCUT2D eigenvalue weighted by atomic mass is 10.3. The largest absolute Gasteiger partial charge is 1.00 e. The molecule has 0 aliphatic carbocycles. The summed E-state index contributed by atoms with van der Waals surface area (Å²) in [4.78, 5) is 0. The lowest BCUT2D eigenvalue weighted by molar-refractivity contribution is -0.670. The Labute approximate surface area is 102 Å². The number of aromatic nitrogens is 2. The molecule has 0 fully saturated rings. The van der Waals surface area contributed by atoms with E-state index in [0.29, 0.717) is 0 Å². The maximum atomic E-state index is 3.45. The second-order valence-electron chi connectivity index (χ2n) is 2.97. The zero-order valence-corrected chi connectivity index (χ0v) is 10.9. The third-order valence-electron chi connectivity index (χ3n) is 1.88. The molecule has 1 aromatic heterocycles. The predicted octanol–water partition coefficient (Wildman–Crippen LogP) is -0.932. The molecule has 0 spiro atoms. The Morgan fingerprint density at radius 3 is 2.71 bits per heavy atom. The summed E-state index contributed by atoms with van der Waals surface area (Å²) < 4.78 is 5.19. The number of halogens is 2.